The van der Waals surface area contributed by atoms with Crippen molar-refractivity contribution in [3.05, 3.63) is 40.7 Å². The molecule has 1 saturated heterocycles. The first-order valence-electron chi connectivity index (χ1n) is 5.24. The SMILES string of the molecule is N#Cc1ccc(C(=O)N2CC[N-]CC2)cc1.[K+]. The molecule has 4 nitrogen and oxygen atoms in total. The van der Waals surface area contributed by atoms with Gasteiger partial charge in [0.15, 0.2) is 0 Å². The molecule has 0 aromatic heterocycles. The molecule has 0 radical (unpaired) electrons. The summed E-state index contributed by atoms with van der Waals surface area (Å²) in [7, 11) is 0. The predicted molar refractivity (Wildman–Crippen MR) is 60.2 cm³/mol. The molecule has 1 aliphatic heterocycles. The smallest absolute Gasteiger partial charge is 0.659 e. The van der Waals surface area contributed by atoms with Crippen molar-refractivity contribution in [1.29, 1.82) is 5.26 Å². The topological polar surface area (TPSA) is 58.2 Å². The molecule has 0 saturated carbocycles. The fraction of sp³-hybridized carbons (Fsp3) is 0.333. The Kier molecular flexibility index (Phi) is 6.34. The van der Waals surface area contributed by atoms with Crippen LogP contribution in [0.5, 0.6) is 0 Å². The van der Waals surface area contributed by atoms with Crippen molar-refractivity contribution in [2.45, 2.75) is 0 Å². The fourth-order valence-corrected chi connectivity index (χ4v) is 1.68. The zero-order valence-corrected chi connectivity index (χ0v) is 13.0. The number of piperazine rings is 1. The molecular weight excluding hydrogens is 241 g/mol. The number of hydrogen-bond donors (Lipinski definition) is 0. The molecule has 0 aliphatic carbocycles. The molecule has 0 bridgehead atoms. The Hall–Kier alpha value is -0.224. The molecule has 2 rings (SSSR count). The zero-order chi connectivity index (χ0) is 11.4. The van der Waals surface area contributed by atoms with E-state index in [4.69, 9.17) is 5.26 Å². The third-order valence-electron chi connectivity index (χ3n) is 2.60. The molecule has 1 fully saturated rings. The van der Waals surface area contributed by atoms with E-state index >= 15 is 0 Å². The minimum Gasteiger partial charge on any atom is -0.659 e. The molecule has 1 amide bonds. The number of nitrogens with zero attached hydrogens (tertiary/aromatic N) is 3. The maximum Gasteiger partial charge on any atom is 1.00 e. The largest absolute Gasteiger partial charge is 1.00 e. The van der Waals surface area contributed by atoms with Gasteiger partial charge in [-0.15, -0.1) is 13.1 Å². The van der Waals surface area contributed by atoms with Crippen LogP contribution < -0.4 is 51.4 Å². The van der Waals surface area contributed by atoms with Crippen LogP contribution in [0.1, 0.15) is 15.9 Å². The molecule has 1 aromatic rings. The van der Waals surface area contributed by atoms with Crippen molar-refractivity contribution in [2.75, 3.05) is 26.2 Å². The van der Waals surface area contributed by atoms with Crippen LogP contribution in [0.15, 0.2) is 24.3 Å². The maximum atomic E-state index is 12.0. The van der Waals surface area contributed by atoms with Gasteiger partial charge in [-0.05, 0) is 24.3 Å². The summed E-state index contributed by atoms with van der Waals surface area (Å²) in [6, 6.07) is 8.77. The van der Waals surface area contributed by atoms with E-state index in [9.17, 15) is 4.79 Å². The molecule has 1 aliphatic rings. The van der Waals surface area contributed by atoms with Crippen molar-refractivity contribution in [3.63, 3.8) is 0 Å². The summed E-state index contributed by atoms with van der Waals surface area (Å²) in [6.07, 6.45) is 0. The molecule has 1 aromatic carbocycles. The Morgan fingerprint density at radius 3 is 2.35 bits per heavy atom. The Morgan fingerprint density at radius 1 is 1.24 bits per heavy atom. The quantitative estimate of drug-likeness (QED) is 0.566. The summed E-state index contributed by atoms with van der Waals surface area (Å²) in [6.45, 7) is 2.84. The minimum absolute atomic E-state index is 0. The van der Waals surface area contributed by atoms with Crippen LogP contribution in [-0.4, -0.2) is 37.0 Å². The second-order valence-electron chi connectivity index (χ2n) is 3.65. The molecule has 5 heteroatoms. The molecule has 1 heterocycles. The Bertz CT molecular complexity index is 418. The van der Waals surface area contributed by atoms with E-state index in [-0.39, 0.29) is 57.3 Å². The molecular formula is C12H12KN3O. The van der Waals surface area contributed by atoms with Crippen LogP contribution in [0.2, 0.25) is 0 Å². The van der Waals surface area contributed by atoms with Crippen LogP contribution in [0.4, 0.5) is 0 Å². The van der Waals surface area contributed by atoms with Crippen LogP contribution in [0.3, 0.4) is 0 Å². The van der Waals surface area contributed by atoms with E-state index < -0.39 is 0 Å². The second-order valence-corrected chi connectivity index (χ2v) is 3.65. The Balaban J connectivity index is 0.00000144. The van der Waals surface area contributed by atoms with E-state index in [1.807, 2.05) is 6.07 Å². The number of benzene rings is 1. The van der Waals surface area contributed by atoms with Crippen molar-refractivity contribution < 1.29 is 56.2 Å². The first-order valence-corrected chi connectivity index (χ1v) is 5.24. The van der Waals surface area contributed by atoms with Gasteiger partial charge < -0.3 is 10.2 Å². The van der Waals surface area contributed by atoms with Gasteiger partial charge in [0.2, 0.25) is 0 Å². The Morgan fingerprint density at radius 2 is 1.82 bits per heavy atom. The van der Waals surface area contributed by atoms with Crippen LogP contribution in [0, 0.1) is 11.3 Å². The number of hydrogen-bond acceptors (Lipinski definition) is 2. The molecule has 0 atom stereocenters. The number of carbonyl (C=O) groups excluding carboxylic acids is 1. The Labute approximate surface area is 143 Å². The zero-order valence-electron chi connectivity index (χ0n) is 9.89. The van der Waals surface area contributed by atoms with Crippen LogP contribution in [-0.2, 0) is 0 Å². The van der Waals surface area contributed by atoms with Crippen LogP contribution in [0.25, 0.3) is 5.32 Å². The third kappa shape index (κ3) is 3.88. The first-order chi connectivity index (χ1) is 7.81. The van der Waals surface area contributed by atoms with E-state index in [1.165, 1.54) is 0 Å². The van der Waals surface area contributed by atoms with E-state index in [0.29, 0.717) is 24.2 Å². The molecule has 0 spiro atoms. The first kappa shape index (κ1) is 14.8. The van der Waals surface area contributed by atoms with Crippen molar-refractivity contribution >= 4 is 5.91 Å². The number of rotatable bonds is 1. The van der Waals surface area contributed by atoms with Gasteiger partial charge in [-0.25, -0.2) is 0 Å². The summed E-state index contributed by atoms with van der Waals surface area (Å²) in [5.41, 5.74) is 1.21. The molecule has 0 N–H and O–H groups in total. The molecule has 0 unspecified atom stereocenters. The number of carbonyl (C=O) groups is 1. The summed E-state index contributed by atoms with van der Waals surface area (Å²) in [5.74, 6) is 0.0272. The fourth-order valence-electron chi connectivity index (χ4n) is 1.68. The summed E-state index contributed by atoms with van der Waals surface area (Å²) in [4.78, 5) is 13.8. The summed E-state index contributed by atoms with van der Waals surface area (Å²) in [5, 5.41) is 12.9. The van der Waals surface area contributed by atoms with Gasteiger partial charge in [0.05, 0.1) is 11.6 Å². The van der Waals surface area contributed by atoms with Crippen molar-refractivity contribution in [2.24, 2.45) is 0 Å². The van der Waals surface area contributed by atoms with Gasteiger partial charge >= 0.3 is 51.4 Å². The van der Waals surface area contributed by atoms with Crippen molar-refractivity contribution in [3.8, 4) is 6.07 Å². The summed E-state index contributed by atoms with van der Waals surface area (Å²) < 4.78 is 0. The average Bonchev–Trinajstić information content (AvgIpc) is 2.39. The van der Waals surface area contributed by atoms with Gasteiger partial charge in [-0.3, -0.25) is 4.79 Å². The van der Waals surface area contributed by atoms with E-state index in [2.05, 4.69) is 5.32 Å². The van der Waals surface area contributed by atoms with Gasteiger partial charge in [0.1, 0.15) is 0 Å². The minimum atomic E-state index is 0. The van der Waals surface area contributed by atoms with Crippen molar-refractivity contribution in [1.82, 2.24) is 4.90 Å². The van der Waals surface area contributed by atoms with Gasteiger partial charge in [-0.1, -0.05) is 0 Å². The maximum absolute atomic E-state index is 12.0. The summed E-state index contributed by atoms with van der Waals surface area (Å²) >= 11 is 0. The molecule has 82 valence electrons. The predicted octanol–water partition coefficient (Wildman–Crippen LogP) is -1.61. The average molecular weight is 253 g/mol. The monoisotopic (exact) mass is 253 g/mol. The normalized spacial score (nSPS) is 14.6. The van der Waals surface area contributed by atoms with Gasteiger partial charge in [-0.2, -0.15) is 5.26 Å². The third-order valence-corrected chi connectivity index (χ3v) is 2.60. The van der Waals surface area contributed by atoms with Gasteiger partial charge in [0.25, 0.3) is 5.91 Å². The number of nitriles is 1. The molecule has 17 heavy (non-hydrogen) atoms. The van der Waals surface area contributed by atoms with E-state index in [1.54, 1.807) is 29.2 Å². The number of amides is 1. The second kappa shape index (κ2) is 7.26. The standard InChI is InChI=1S/C12H12N3O.K/c13-9-10-1-3-11(4-2-10)12(16)15-7-5-14-6-8-15;/h1-4H,5-8H2;/q-1;+1. The van der Waals surface area contributed by atoms with Gasteiger partial charge in [0, 0.05) is 18.7 Å². The van der Waals surface area contributed by atoms with E-state index in [0.717, 1.165) is 13.1 Å². The van der Waals surface area contributed by atoms with Crippen LogP contribution >= 0.6 is 0 Å².